The predicted octanol–water partition coefficient (Wildman–Crippen LogP) is 0.926. The normalized spacial score (nSPS) is 14.5. The maximum absolute atomic E-state index is 11.0. The first kappa shape index (κ1) is 15.7. The van der Waals surface area contributed by atoms with Gasteiger partial charge in [0.05, 0.1) is 5.75 Å². The molecule has 2 rings (SSSR count). The third-order valence-corrected chi connectivity index (χ3v) is 4.49. The van der Waals surface area contributed by atoms with Crippen molar-refractivity contribution in [2.75, 3.05) is 17.6 Å². The van der Waals surface area contributed by atoms with E-state index < -0.39 is 26.0 Å². The highest BCUT2D eigenvalue weighted by Gasteiger charge is 2.18. The zero-order chi connectivity index (χ0) is 15.7. The molecule has 0 radical (unpaired) electrons. The molecule has 3 N–H and O–H groups in total. The van der Waals surface area contributed by atoms with Gasteiger partial charge >= 0.3 is 0 Å². The van der Waals surface area contributed by atoms with E-state index in [9.17, 15) is 16.8 Å². The van der Waals surface area contributed by atoms with E-state index in [2.05, 4.69) is 11.0 Å². The molecule has 0 atom stereocenters. The van der Waals surface area contributed by atoms with Gasteiger partial charge < -0.3 is 5.32 Å². The molecular weight excluding hydrogens is 318 g/mol. The molecule has 0 fully saturated rings. The molecule has 0 amide bonds. The summed E-state index contributed by atoms with van der Waals surface area (Å²) < 4.78 is 60.9. The highest BCUT2D eigenvalue weighted by Crippen LogP contribution is 2.24. The molecular formula is C12H13NO6S2. The van der Waals surface area contributed by atoms with Crippen LogP contribution in [-0.4, -0.2) is 38.2 Å². The zero-order valence-corrected chi connectivity index (χ0v) is 12.4. The van der Waals surface area contributed by atoms with Crippen LogP contribution >= 0.6 is 0 Å². The summed E-state index contributed by atoms with van der Waals surface area (Å²) in [6, 6.07) is 5.03. The number of hydrogen-bond donors (Lipinski definition) is 3. The Kier molecular flexibility index (Phi) is 4.22. The van der Waals surface area contributed by atoms with Crippen molar-refractivity contribution in [1.29, 1.82) is 0 Å². The number of fused-ring (bicyclic) bond motifs is 1. The van der Waals surface area contributed by atoms with Gasteiger partial charge in [-0.15, -0.1) is 5.73 Å². The van der Waals surface area contributed by atoms with Crippen LogP contribution in [0.1, 0.15) is 11.1 Å². The van der Waals surface area contributed by atoms with E-state index in [0.717, 1.165) is 5.56 Å². The highest BCUT2D eigenvalue weighted by atomic mass is 32.2. The van der Waals surface area contributed by atoms with Crippen LogP contribution in [0.15, 0.2) is 28.8 Å². The molecule has 114 valence electrons. The summed E-state index contributed by atoms with van der Waals surface area (Å²) in [4.78, 5) is -0.193. The minimum atomic E-state index is -4.25. The lowest BCUT2D eigenvalue weighted by Crippen LogP contribution is -2.14. The smallest absolute Gasteiger partial charge is 0.298 e. The fraction of sp³-hybridized carbons (Fsp3) is 0.250. The molecule has 1 aliphatic carbocycles. The number of nitrogens with one attached hydrogen (secondary N) is 1. The summed E-state index contributed by atoms with van der Waals surface area (Å²) >= 11 is 0. The van der Waals surface area contributed by atoms with Gasteiger partial charge in [0, 0.05) is 18.7 Å². The lowest BCUT2D eigenvalue weighted by molar-refractivity contribution is 0.483. The monoisotopic (exact) mass is 331 g/mol. The first-order valence-electron chi connectivity index (χ1n) is 5.90. The molecule has 7 nitrogen and oxygen atoms in total. The molecule has 1 aromatic carbocycles. The average Bonchev–Trinajstić information content (AvgIpc) is 2.35. The van der Waals surface area contributed by atoms with Crippen molar-refractivity contribution in [2.24, 2.45) is 0 Å². The summed E-state index contributed by atoms with van der Waals surface area (Å²) in [5.41, 5.74) is 4.57. The van der Waals surface area contributed by atoms with Crippen molar-refractivity contribution in [3.63, 3.8) is 0 Å². The largest absolute Gasteiger partial charge is 0.384 e. The SMILES string of the molecule is O=S(=O)(O)CCNc1ccc2c(c1)C=C=C(S(=O)(=O)O)C2. The number of hydrogen-bond acceptors (Lipinski definition) is 5. The van der Waals surface area contributed by atoms with Crippen LogP contribution in [0.25, 0.3) is 6.08 Å². The second kappa shape index (κ2) is 5.63. The van der Waals surface area contributed by atoms with Gasteiger partial charge in [-0.05, 0) is 29.3 Å². The third kappa shape index (κ3) is 4.42. The molecule has 0 saturated carbocycles. The van der Waals surface area contributed by atoms with Gasteiger partial charge in [-0.2, -0.15) is 16.8 Å². The van der Waals surface area contributed by atoms with Crippen molar-refractivity contribution < 1.29 is 25.9 Å². The first-order chi connectivity index (χ1) is 9.65. The lowest BCUT2D eigenvalue weighted by atomic mass is 10.0. The Bertz CT molecular complexity index is 832. The number of anilines is 1. The topological polar surface area (TPSA) is 121 Å². The summed E-state index contributed by atoms with van der Waals surface area (Å²) in [5.74, 6) is -0.410. The van der Waals surface area contributed by atoms with Gasteiger partial charge in [-0.25, -0.2) is 0 Å². The van der Waals surface area contributed by atoms with E-state index in [0.29, 0.717) is 11.3 Å². The molecule has 1 aromatic rings. The maximum Gasteiger partial charge on any atom is 0.298 e. The van der Waals surface area contributed by atoms with E-state index in [1.165, 1.54) is 6.08 Å². The number of allylic oxidation sites excluding steroid dienone is 1. The van der Waals surface area contributed by atoms with Crippen LogP contribution in [0, 0.1) is 0 Å². The maximum atomic E-state index is 11.0. The second-order valence-corrected chi connectivity index (χ2v) is 7.51. The molecule has 0 aliphatic heterocycles. The summed E-state index contributed by atoms with van der Waals surface area (Å²) in [5, 5.41) is 2.83. The highest BCUT2D eigenvalue weighted by molar-refractivity contribution is 7.89. The summed E-state index contributed by atoms with van der Waals surface area (Å²) in [6.07, 6.45) is 1.49. The predicted molar refractivity (Wildman–Crippen MR) is 78.1 cm³/mol. The van der Waals surface area contributed by atoms with E-state index in [1.54, 1.807) is 18.2 Å². The van der Waals surface area contributed by atoms with Crippen LogP contribution in [0.4, 0.5) is 5.69 Å². The molecule has 0 spiro atoms. The van der Waals surface area contributed by atoms with Crippen molar-refractivity contribution in [3.05, 3.63) is 40.0 Å². The molecule has 0 heterocycles. The molecule has 0 saturated heterocycles. The van der Waals surface area contributed by atoms with Gasteiger partial charge in [0.1, 0.15) is 4.91 Å². The Balaban J connectivity index is 2.17. The van der Waals surface area contributed by atoms with Gasteiger partial charge in [0.15, 0.2) is 0 Å². The van der Waals surface area contributed by atoms with Crippen molar-refractivity contribution >= 4 is 32.0 Å². The van der Waals surface area contributed by atoms with E-state index in [4.69, 9.17) is 9.11 Å². The summed E-state index contributed by atoms with van der Waals surface area (Å²) in [6.45, 7) is 0.0491. The number of benzene rings is 1. The molecule has 9 heteroatoms. The molecule has 0 aromatic heterocycles. The minimum absolute atomic E-state index is 0.0491. The van der Waals surface area contributed by atoms with Crippen LogP contribution in [0.3, 0.4) is 0 Å². The van der Waals surface area contributed by atoms with Crippen molar-refractivity contribution in [1.82, 2.24) is 0 Å². The van der Waals surface area contributed by atoms with E-state index >= 15 is 0 Å². The Morgan fingerprint density at radius 3 is 2.52 bits per heavy atom. The number of rotatable bonds is 5. The fourth-order valence-electron chi connectivity index (χ4n) is 1.87. The lowest BCUT2D eigenvalue weighted by Gasteiger charge is -2.13. The third-order valence-electron chi connectivity index (χ3n) is 2.89. The average molecular weight is 331 g/mol. The van der Waals surface area contributed by atoms with E-state index in [-0.39, 0.29) is 17.9 Å². The molecule has 0 bridgehead atoms. The molecule has 0 unspecified atom stereocenters. The van der Waals surface area contributed by atoms with E-state index in [1.807, 2.05) is 0 Å². The Morgan fingerprint density at radius 1 is 1.19 bits per heavy atom. The standard InChI is InChI=1S/C12H13NO6S2/c14-20(15,16)6-5-13-11-3-1-10-8-12(21(17,18)19)4-2-9(10)7-11/h1-3,7,13H,5-6,8H2,(H,14,15,16)(H,17,18,19). The van der Waals surface area contributed by atoms with Gasteiger partial charge in [0.2, 0.25) is 0 Å². The summed E-state index contributed by atoms with van der Waals surface area (Å²) in [7, 11) is -8.26. The zero-order valence-electron chi connectivity index (χ0n) is 10.8. The Labute approximate surface area is 122 Å². The van der Waals surface area contributed by atoms with Gasteiger partial charge in [-0.3, -0.25) is 9.11 Å². The minimum Gasteiger partial charge on any atom is -0.384 e. The molecule has 1 aliphatic rings. The molecule has 21 heavy (non-hydrogen) atoms. The quantitative estimate of drug-likeness (QED) is 0.542. The van der Waals surface area contributed by atoms with Crippen LogP contribution in [0.2, 0.25) is 0 Å². The van der Waals surface area contributed by atoms with Gasteiger partial charge in [-0.1, -0.05) is 6.07 Å². The van der Waals surface area contributed by atoms with Crippen LogP contribution in [0.5, 0.6) is 0 Å². The first-order valence-corrected chi connectivity index (χ1v) is 8.95. The van der Waals surface area contributed by atoms with Crippen LogP contribution in [-0.2, 0) is 26.7 Å². The van der Waals surface area contributed by atoms with Crippen molar-refractivity contribution in [3.8, 4) is 0 Å². The fourth-order valence-corrected chi connectivity index (χ4v) is 2.78. The van der Waals surface area contributed by atoms with Crippen molar-refractivity contribution in [2.45, 2.75) is 6.42 Å². The van der Waals surface area contributed by atoms with Crippen LogP contribution < -0.4 is 5.32 Å². The van der Waals surface area contributed by atoms with Gasteiger partial charge in [0.25, 0.3) is 20.2 Å². The Hall–Kier alpha value is -1.64. The Morgan fingerprint density at radius 2 is 1.90 bits per heavy atom. The second-order valence-electron chi connectivity index (χ2n) is 4.49.